The highest BCUT2D eigenvalue weighted by Crippen LogP contribution is 2.37. The Kier molecular flexibility index (Phi) is 7.68. The molecule has 218 valence electrons. The predicted molar refractivity (Wildman–Crippen MR) is 146 cm³/mol. The highest BCUT2D eigenvalue weighted by molar-refractivity contribution is 6.11. The summed E-state index contributed by atoms with van der Waals surface area (Å²) in [7, 11) is 0. The zero-order valence-corrected chi connectivity index (χ0v) is 21.6. The molecule has 3 N–H and O–H groups in total. The zero-order chi connectivity index (χ0) is 30.8. The SMILES string of the molecule is O=C(Nc1ccc(-c2cc(C(=O)Nc3ccccn3)c3ncccc3n2)cc1)Nc1cc(C(F)(F)F)cc(C(F)(F)F)c1. The molecule has 0 aliphatic heterocycles. The van der Waals surface area contributed by atoms with Crippen LogP contribution in [0, 0.1) is 0 Å². The molecule has 0 unspecified atom stereocenters. The Labute approximate surface area is 238 Å². The van der Waals surface area contributed by atoms with Crippen LogP contribution >= 0.6 is 0 Å². The van der Waals surface area contributed by atoms with E-state index in [0.717, 1.165) is 0 Å². The Morgan fingerprint density at radius 3 is 1.93 bits per heavy atom. The van der Waals surface area contributed by atoms with Crippen molar-refractivity contribution in [2.24, 2.45) is 0 Å². The first-order valence-corrected chi connectivity index (χ1v) is 12.3. The molecule has 3 heterocycles. The molecular weight excluding hydrogens is 578 g/mol. The Morgan fingerprint density at radius 2 is 1.30 bits per heavy atom. The van der Waals surface area contributed by atoms with Gasteiger partial charge in [0.15, 0.2) is 0 Å². The predicted octanol–water partition coefficient (Wildman–Crippen LogP) is 7.63. The molecule has 0 saturated heterocycles. The van der Waals surface area contributed by atoms with Gasteiger partial charge in [0.05, 0.1) is 27.9 Å². The average molecular weight is 596 g/mol. The second kappa shape index (κ2) is 11.4. The molecule has 5 rings (SSSR count). The van der Waals surface area contributed by atoms with E-state index in [2.05, 4.69) is 25.6 Å². The molecule has 0 aliphatic rings. The molecule has 0 bridgehead atoms. The van der Waals surface area contributed by atoms with Crippen molar-refractivity contribution >= 4 is 40.2 Å². The summed E-state index contributed by atoms with van der Waals surface area (Å²) in [5.74, 6) is -0.132. The van der Waals surface area contributed by atoms with Crippen LogP contribution < -0.4 is 16.0 Å². The summed E-state index contributed by atoms with van der Waals surface area (Å²) in [5, 5.41) is 7.07. The topological polar surface area (TPSA) is 109 Å². The number of carbonyl (C=O) groups is 2. The maximum atomic E-state index is 13.1. The van der Waals surface area contributed by atoms with Crippen LogP contribution in [-0.4, -0.2) is 26.9 Å². The fourth-order valence-electron chi connectivity index (χ4n) is 4.05. The molecule has 3 aromatic heterocycles. The van der Waals surface area contributed by atoms with Crippen molar-refractivity contribution in [2.75, 3.05) is 16.0 Å². The number of urea groups is 1. The Morgan fingerprint density at radius 1 is 0.651 bits per heavy atom. The molecule has 0 spiro atoms. The summed E-state index contributed by atoms with van der Waals surface area (Å²) in [4.78, 5) is 38.4. The lowest BCUT2D eigenvalue weighted by Crippen LogP contribution is -2.20. The number of halogens is 6. The van der Waals surface area contributed by atoms with E-state index in [1.54, 1.807) is 42.5 Å². The van der Waals surface area contributed by atoms with Crippen LogP contribution in [0.3, 0.4) is 0 Å². The second-order valence-corrected chi connectivity index (χ2v) is 9.05. The van der Waals surface area contributed by atoms with Crippen LogP contribution in [0.5, 0.6) is 0 Å². The average Bonchev–Trinajstić information content (AvgIpc) is 2.96. The van der Waals surface area contributed by atoms with Gasteiger partial charge in [-0.05, 0) is 60.7 Å². The first-order chi connectivity index (χ1) is 20.4. The molecular formula is C29H18F6N6O2. The molecule has 8 nitrogen and oxygen atoms in total. The highest BCUT2D eigenvalue weighted by Gasteiger charge is 2.37. The fourth-order valence-corrected chi connectivity index (χ4v) is 4.05. The number of fused-ring (bicyclic) bond motifs is 1. The zero-order valence-electron chi connectivity index (χ0n) is 21.6. The number of anilines is 3. The number of rotatable bonds is 5. The summed E-state index contributed by atoms with van der Waals surface area (Å²) >= 11 is 0. The van der Waals surface area contributed by atoms with E-state index >= 15 is 0 Å². The van der Waals surface area contributed by atoms with E-state index < -0.39 is 41.1 Å². The Bertz CT molecular complexity index is 1780. The summed E-state index contributed by atoms with van der Waals surface area (Å²) in [6.45, 7) is 0. The van der Waals surface area contributed by atoms with E-state index in [4.69, 9.17) is 0 Å². The third-order valence-corrected chi connectivity index (χ3v) is 6.00. The van der Waals surface area contributed by atoms with Crippen molar-refractivity contribution < 1.29 is 35.9 Å². The Balaban J connectivity index is 1.36. The smallest absolute Gasteiger partial charge is 0.308 e. The number of nitrogens with one attached hydrogen (secondary N) is 3. The minimum Gasteiger partial charge on any atom is -0.308 e. The largest absolute Gasteiger partial charge is 0.416 e. The highest BCUT2D eigenvalue weighted by atomic mass is 19.4. The first kappa shape index (κ1) is 29.0. The van der Waals surface area contributed by atoms with Gasteiger partial charge in [0.2, 0.25) is 0 Å². The van der Waals surface area contributed by atoms with Crippen molar-refractivity contribution in [3.63, 3.8) is 0 Å². The maximum absolute atomic E-state index is 13.1. The van der Waals surface area contributed by atoms with E-state index in [1.165, 1.54) is 30.6 Å². The lowest BCUT2D eigenvalue weighted by molar-refractivity contribution is -0.143. The number of hydrogen-bond acceptors (Lipinski definition) is 5. The molecule has 2 aromatic carbocycles. The summed E-state index contributed by atoms with van der Waals surface area (Å²) in [6, 6.07) is 15.6. The number of nitrogens with zero attached hydrogens (tertiary/aromatic N) is 3. The third kappa shape index (κ3) is 6.86. The van der Waals surface area contributed by atoms with Crippen LogP contribution in [0.1, 0.15) is 21.5 Å². The van der Waals surface area contributed by atoms with E-state index in [1.807, 2.05) is 5.32 Å². The van der Waals surface area contributed by atoms with Gasteiger partial charge in [-0.25, -0.2) is 14.8 Å². The van der Waals surface area contributed by atoms with Gasteiger partial charge in [0.25, 0.3) is 5.91 Å². The minimum absolute atomic E-state index is 0.0354. The minimum atomic E-state index is -5.06. The van der Waals surface area contributed by atoms with Crippen molar-refractivity contribution in [1.29, 1.82) is 0 Å². The van der Waals surface area contributed by atoms with Gasteiger partial charge >= 0.3 is 18.4 Å². The van der Waals surface area contributed by atoms with Crippen LogP contribution in [0.4, 0.5) is 48.3 Å². The van der Waals surface area contributed by atoms with Crippen molar-refractivity contribution in [3.8, 4) is 11.3 Å². The molecule has 3 amide bonds. The molecule has 0 saturated carbocycles. The van der Waals surface area contributed by atoms with E-state index in [0.29, 0.717) is 40.2 Å². The first-order valence-electron chi connectivity index (χ1n) is 12.3. The normalized spacial score (nSPS) is 11.7. The molecule has 0 fully saturated rings. The standard InChI is InChI=1S/C29H18F6N6O2/c30-28(31,32)17-12-18(29(33,34)35)14-20(13-17)39-27(43)38-19-8-6-16(7-9-19)23-15-21(25-22(40-23)4-3-11-37-25)26(42)41-24-5-1-2-10-36-24/h1-15H,(H,36,41,42)(H2,38,39,43). The number of amides is 3. The van der Waals surface area contributed by atoms with Gasteiger partial charge in [-0.3, -0.25) is 9.78 Å². The number of carbonyl (C=O) groups excluding carboxylic acids is 2. The van der Waals surface area contributed by atoms with Gasteiger partial charge in [0, 0.05) is 29.3 Å². The molecule has 0 atom stereocenters. The van der Waals surface area contributed by atoms with Gasteiger partial charge in [0.1, 0.15) is 11.3 Å². The van der Waals surface area contributed by atoms with Crippen LogP contribution in [0.15, 0.2) is 91.3 Å². The quantitative estimate of drug-likeness (QED) is 0.181. The number of hydrogen-bond donors (Lipinski definition) is 3. The van der Waals surface area contributed by atoms with Crippen LogP contribution in [0.25, 0.3) is 22.3 Å². The van der Waals surface area contributed by atoms with Crippen LogP contribution in [0.2, 0.25) is 0 Å². The van der Waals surface area contributed by atoms with Crippen molar-refractivity contribution in [3.05, 3.63) is 108 Å². The molecule has 0 aliphatic carbocycles. The van der Waals surface area contributed by atoms with Gasteiger partial charge in [-0.1, -0.05) is 18.2 Å². The number of aromatic nitrogens is 3. The fraction of sp³-hybridized carbons (Fsp3) is 0.0690. The maximum Gasteiger partial charge on any atom is 0.416 e. The summed E-state index contributed by atoms with van der Waals surface area (Å²) in [6.07, 6.45) is -7.07. The Hall–Kier alpha value is -5.53. The summed E-state index contributed by atoms with van der Waals surface area (Å²) in [5.41, 5.74) is -1.68. The monoisotopic (exact) mass is 596 g/mol. The second-order valence-electron chi connectivity index (χ2n) is 9.05. The van der Waals surface area contributed by atoms with Gasteiger partial charge < -0.3 is 16.0 Å². The molecule has 5 aromatic rings. The summed E-state index contributed by atoms with van der Waals surface area (Å²) < 4.78 is 78.7. The number of pyridine rings is 3. The lowest BCUT2D eigenvalue weighted by atomic mass is 10.1. The molecule has 43 heavy (non-hydrogen) atoms. The van der Waals surface area contributed by atoms with E-state index in [-0.39, 0.29) is 17.3 Å². The number of benzene rings is 2. The lowest BCUT2D eigenvalue weighted by Gasteiger charge is -2.15. The van der Waals surface area contributed by atoms with Crippen molar-refractivity contribution in [2.45, 2.75) is 12.4 Å². The molecule has 14 heteroatoms. The van der Waals surface area contributed by atoms with Crippen LogP contribution in [-0.2, 0) is 12.4 Å². The van der Waals surface area contributed by atoms with Gasteiger partial charge in [-0.15, -0.1) is 0 Å². The van der Waals surface area contributed by atoms with E-state index in [9.17, 15) is 35.9 Å². The number of alkyl halides is 6. The van der Waals surface area contributed by atoms with Gasteiger partial charge in [-0.2, -0.15) is 26.3 Å². The third-order valence-electron chi connectivity index (χ3n) is 6.00. The van der Waals surface area contributed by atoms with Crippen molar-refractivity contribution in [1.82, 2.24) is 15.0 Å². The molecule has 0 radical (unpaired) electrons.